The number of hydrogen-bond acceptors (Lipinski definition) is 4. The molecule has 0 bridgehead atoms. The molecule has 0 aromatic heterocycles. The van der Waals surface area contributed by atoms with Gasteiger partial charge in [-0.3, -0.25) is 19.2 Å². The summed E-state index contributed by atoms with van der Waals surface area (Å²) in [5.41, 5.74) is 1.52. The van der Waals surface area contributed by atoms with Crippen molar-refractivity contribution in [1.29, 1.82) is 0 Å². The van der Waals surface area contributed by atoms with Gasteiger partial charge in [-0.05, 0) is 37.0 Å². The number of benzene rings is 2. The fourth-order valence-electron chi connectivity index (χ4n) is 4.47. The van der Waals surface area contributed by atoms with Crippen LogP contribution in [0.5, 0.6) is 0 Å². The lowest BCUT2D eigenvalue weighted by Gasteiger charge is -2.49. The van der Waals surface area contributed by atoms with Crippen LogP contribution < -0.4 is 5.32 Å². The summed E-state index contributed by atoms with van der Waals surface area (Å²) in [6.07, 6.45) is 0.532. The van der Waals surface area contributed by atoms with Crippen LogP contribution in [0.25, 0.3) is 0 Å². The lowest BCUT2D eigenvalue weighted by atomic mass is 9.53. The van der Waals surface area contributed by atoms with Crippen molar-refractivity contribution in [3.63, 3.8) is 0 Å². The monoisotopic (exact) mass is 375 g/mol. The van der Waals surface area contributed by atoms with Gasteiger partial charge in [0.15, 0.2) is 11.6 Å². The Morgan fingerprint density at radius 2 is 1.46 bits per heavy atom. The molecule has 2 aromatic carbocycles. The number of Topliss-reactive ketones (excluding diaryl/α,β-unsaturated/α-hetero) is 1. The Labute approximate surface area is 163 Å². The van der Waals surface area contributed by atoms with Crippen molar-refractivity contribution >= 4 is 28.9 Å². The van der Waals surface area contributed by atoms with Gasteiger partial charge in [0, 0.05) is 39.8 Å². The van der Waals surface area contributed by atoms with Gasteiger partial charge in [-0.25, -0.2) is 0 Å². The number of ketones is 3. The maximum atomic E-state index is 12.8. The predicted octanol–water partition coefficient (Wildman–Crippen LogP) is 3.65. The molecule has 4 rings (SSSR count). The third-order valence-corrected chi connectivity index (χ3v) is 6.27. The molecule has 2 aliphatic carbocycles. The van der Waals surface area contributed by atoms with Crippen molar-refractivity contribution in [2.45, 2.75) is 27.2 Å². The third kappa shape index (κ3) is 2.61. The fraction of sp³-hybridized carbons (Fsp3) is 0.304. The van der Waals surface area contributed by atoms with Gasteiger partial charge in [-0.1, -0.05) is 38.1 Å². The number of amides is 1. The number of anilines is 1. The highest BCUT2D eigenvalue weighted by Gasteiger charge is 2.53. The van der Waals surface area contributed by atoms with E-state index in [9.17, 15) is 19.2 Å². The average molecular weight is 375 g/mol. The van der Waals surface area contributed by atoms with Gasteiger partial charge in [0.05, 0.1) is 0 Å². The maximum absolute atomic E-state index is 12.8. The molecular weight excluding hydrogens is 354 g/mol. The quantitative estimate of drug-likeness (QED) is 0.758. The molecule has 1 N–H and O–H groups in total. The van der Waals surface area contributed by atoms with Gasteiger partial charge in [-0.2, -0.15) is 0 Å². The minimum absolute atomic E-state index is 0.102. The van der Waals surface area contributed by atoms with E-state index in [0.717, 1.165) is 0 Å². The van der Waals surface area contributed by atoms with E-state index in [-0.39, 0.29) is 35.1 Å². The Kier molecular flexibility index (Phi) is 4.07. The van der Waals surface area contributed by atoms with E-state index in [0.29, 0.717) is 34.4 Å². The van der Waals surface area contributed by atoms with Gasteiger partial charge in [0.1, 0.15) is 5.78 Å². The fourth-order valence-corrected chi connectivity index (χ4v) is 4.47. The first-order chi connectivity index (χ1) is 13.2. The summed E-state index contributed by atoms with van der Waals surface area (Å²) in [6, 6.07) is 11.6. The largest absolute Gasteiger partial charge is 0.326 e. The zero-order chi connectivity index (χ0) is 20.2. The van der Waals surface area contributed by atoms with Crippen molar-refractivity contribution in [2.75, 3.05) is 5.32 Å². The van der Waals surface area contributed by atoms with Crippen LogP contribution in [-0.4, -0.2) is 23.3 Å². The minimum Gasteiger partial charge on any atom is -0.326 e. The molecule has 1 saturated carbocycles. The number of rotatable bonds is 3. The van der Waals surface area contributed by atoms with E-state index in [1.165, 1.54) is 0 Å². The van der Waals surface area contributed by atoms with E-state index in [1.807, 2.05) is 13.8 Å². The van der Waals surface area contributed by atoms with E-state index < -0.39 is 5.41 Å². The molecule has 2 aliphatic rings. The molecule has 2 aromatic rings. The van der Waals surface area contributed by atoms with E-state index >= 15 is 0 Å². The molecule has 5 nitrogen and oxygen atoms in total. The molecule has 0 aliphatic heterocycles. The van der Waals surface area contributed by atoms with E-state index in [4.69, 9.17) is 0 Å². The molecular formula is C23H21NO4. The standard InChI is InChI=1S/C23H21NO4/c1-12(25)18-11-19(23(18,2)3)22(28)24-13-8-9-16-17(10-13)21(27)15-7-5-4-6-14(15)20(16)26/h4-10,18-19H,11H2,1-3H3,(H,24,28). The van der Waals surface area contributed by atoms with Gasteiger partial charge in [0.25, 0.3) is 0 Å². The summed E-state index contributed by atoms with van der Waals surface area (Å²) >= 11 is 0. The van der Waals surface area contributed by atoms with E-state index in [1.54, 1.807) is 49.4 Å². The van der Waals surface area contributed by atoms with Crippen molar-refractivity contribution in [1.82, 2.24) is 0 Å². The lowest BCUT2D eigenvalue weighted by Crippen LogP contribution is -2.53. The Balaban J connectivity index is 1.59. The van der Waals surface area contributed by atoms with Crippen LogP contribution in [0.1, 0.15) is 59.0 Å². The molecule has 0 spiro atoms. The van der Waals surface area contributed by atoms with Gasteiger partial charge >= 0.3 is 0 Å². The second kappa shape index (κ2) is 6.23. The van der Waals surface area contributed by atoms with Crippen molar-refractivity contribution in [2.24, 2.45) is 17.3 Å². The van der Waals surface area contributed by atoms with Gasteiger partial charge in [0.2, 0.25) is 5.91 Å². The average Bonchev–Trinajstić information content (AvgIpc) is 2.65. The number of carbonyl (C=O) groups excluding carboxylic acids is 4. The first-order valence-electron chi connectivity index (χ1n) is 9.35. The van der Waals surface area contributed by atoms with Crippen LogP contribution >= 0.6 is 0 Å². The van der Waals surface area contributed by atoms with Crippen LogP contribution in [0.4, 0.5) is 5.69 Å². The van der Waals surface area contributed by atoms with Crippen LogP contribution in [0.2, 0.25) is 0 Å². The van der Waals surface area contributed by atoms with Crippen LogP contribution in [0, 0.1) is 17.3 Å². The van der Waals surface area contributed by atoms with Gasteiger partial charge < -0.3 is 5.32 Å². The Bertz CT molecular complexity index is 1050. The van der Waals surface area contributed by atoms with Gasteiger partial charge in [-0.15, -0.1) is 0 Å². The van der Waals surface area contributed by atoms with Crippen molar-refractivity contribution in [3.8, 4) is 0 Å². The molecule has 1 amide bonds. The highest BCUT2D eigenvalue weighted by molar-refractivity contribution is 6.28. The third-order valence-electron chi connectivity index (χ3n) is 6.27. The molecule has 5 heteroatoms. The van der Waals surface area contributed by atoms with Crippen LogP contribution in [-0.2, 0) is 9.59 Å². The Morgan fingerprint density at radius 3 is 2.04 bits per heavy atom. The number of hydrogen-bond donors (Lipinski definition) is 1. The molecule has 28 heavy (non-hydrogen) atoms. The van der Waals surface area contributed by atoms with Crippen molar-refractivity contribution < 1.29 is 19.2 Å². The molecule has 2 atom stereocenters. The Hall–Kier alpha value is -3.08. The zero-order valence-corrected chi connectivity index (χ0v) is 16.0. The molecule has 2 unspecified atom stereocenters. The normalized spacial score (nSPS) is 22.0. The molecule has 0 heterocycles. The predicted molar refractivity (Wildman–Crippen MR) is 104 cm³/mol. The first kappa shape index (κ1) is 18.3. The number of carbonyl (C=O) groups is 4. The minimum atomic E-state index is -0.394. The number of nitrogens with one attached hydrogen (secondary N) is 1. The summed E-state index contributed by atoms with van der Waals surface area (Å²) in [7, 11) is 0. The lowest BCUT2D eigenvalue weighted by molar-refractivity contribution is -0.145. The highest BCUT2D eigenvalue weighted by atomic mass is 16.2. The first-order valence-corrected chi connectivity index (χ1v) is 9.35. The summed E-state index contributed by atoms with van der Waals surface area (Å²) in [5, 5.41) is 2.85. The Morgan fingerprint density at radius 1 is 0.893 bits per heavy atom. The zero-order valence-electron chi connectivity index (χ0n) is 16.0. The summed E-state index contributed by atoms with van der Waals surface area (Å²) in [4.78, 5) is 49.9. The van der Waals surface area contributed by atoms with E-state index in [2.05, 4.69) is 5.32 Å². The number of fused-ring (bicyclic) bond motifs is 2. The second-order valence-electron chi connectivity index (χ2n) is 8.23. The summed E-state index contributed by atoms with van der Waals surface area (Å²) in [5.74, 6) is -0.851. The molecule has 142 valence electrons. The molecule has 1 fully saturated rings. The summed E-state index contributed by atoms with van der Waals surface area (Å²) in [6.45, 7) is 5.42. The molecule has 0 saturated heterocycles. The summed E-state index contributed by atoms with van der Waals surface area (Å²) < 4.78 is 0. The SMILES string of the molecule is CC(=O)C1CC(C(=O)Nc2ccc3c(c2)C(=O)c2ccccc2C3=O)C1(C)C. The second-order valence-corrected chi connectivity index (χ2v) is 8.23. The highest BCUT2D eigenvalue weighted by Crippen LogP contribution is 2.52. The topological polar surface area (TPSA) is 80.3 Å². The van der Waals surface area contributed by atoms with Crippen LogP contribution in [0.3, 0.4) is 0 Å². The smallest absolute Gasteiger partial charge is 0.228 e. The van der Waals surface area contributed by atoms with Crippen LogP contribution in [0.15, 0.2) is 42.5 Å². The maximum Gasteiger partial charge on any atom is 0.228 e. The molecule has 0 radical (unpaired) electrons. The van der Waals surface area contributed by atoms with Crippen molar-refractivity contribution in [3.05, 3.63) is 64.7 Å².